The van der Waals surface area contributed by atoms with Crippen LogP contribution in [-0.4, -0.2) is 164 Å². The number of aliphatic hydroxyl groups excluding tert-OH is 9. The van der Waals surface area contributed by atoms with Crippen LogP contribution in [0.4, 0.5) is 0 Å². The fourth-order valence-corrected chi connectivity index (χ4v) is 4.18. The van der Waals surface area contributed by atoms with Crippen LogP contribution in [0.2, 0.25) is 0 Å². The topological polar surface area (TPSA) is 306 Å². The highest BCUT2D eigenvalue weighted by molar-refractivity contribution is 4.98. The summed E-state index contributed by atoms with van der Waals surface area (Å²) < 4.78 is 27.4. The Hall–Kier alpha value is -0.680. The third-order valence-electron chi connectivity index (χ3n) is 6.33. The zero-order chi connectivity index (χ0) is 28.9. The van der Waals surface area contributed by atoms with Crippen LogP contribution in [0.15, 0.2) is 0 Å². The van der Waals surface area contributed by atoms with Crippen LogP contribution in [0.25, 0.3) is 0 Å². The molecule has 15 atom stereocenters. The van der Waals surface area contributed by atoms with Gasteiger partial charge in [-0.3, -0.25) is 0 Å². The van der Waals surface area contributed by atoms with Gasteiger partial charge in [-0.25, -0.2) is 0 Å². The van der Waals surface area contributed by atoms with Gasteiger partial charge in [-0.1, -0.05) is 0 Å². The quantitative estimate of drug-likeness (QED) is 0.137. The van der Waals surface area contributed by atoms with E-state index in [1.165, 1.54) is 0 Å². The van der Waals surface area contributed by atoms with E-state index in [9.17, 15) is 40.9 Å². The Labute approximate surface area is 219 Å². The maximum Gasteiger partial charge on any atom is 0.176 e. The first kappa shape index (κ1) is 33.5. The van der Waals surface area contributed by atoms with Gasteiger partial charge in [0.05, 0.1) is 37.9 Å². The van der Waals surface area contributed by atoms with Gasteiger partial charge in [-0.2, -0.15) is 0 Å². The first-order valence-corrected chi connectivity index (χ1v) is 12.2. The van der Waals surface area contributed by atoms with Crippen molar-refractivity contribution >= 4 is 0 Å². The lowest BCUT2D eigenvalue weighted by atomic mass is 9.94. The van der Waals surface area contributed by atoms with Gasteiger partial charge >= 0.3 is 0 Å². The monoisotopic (exact) mass is 561 g/mol. The average molecular weight is 562 g/mol. The van der Waals surface area contributed by atoms with E-state index < -0.39 is 112 Å². The summed E-state index contributed by atoms with van der Waals surface area (Å²) in [5.74, 6) is 0. The summed E-state index contributed by atoms with van der Waals surface area (Å²) in [6.07, 6.45) is -17.0. The van der Waals surface area contributed by atoms with E-state index in [4.69, 9.17) is 46.0 Å². The molecule has 0 aromatic heterocycles. The summed E-state index contributed by atoms with van der Waals surface area (Å²) in [6, 6.07) is -3.87. The third kappa shape index (κ3) is 7.74. The van der Waals surface area contributed by atoms with E-state index in [2.05, 4.69) is 0 Å². The summed E-state index contributed by atoms with van der Waals surface area (Å²) in [7, 11) is 0. The summed E-state index contributed by atoms with van der Waals surface area (Å²) in [6.45, 7) is 1.45. The van der Waals surface area contributed by atoms with Gasteiger partial charge in [0.1, 0.15) is 54.9 Å². The number of nitrogens with two attached hydrogens (primary N) is 3. The molecule has 3 aliphatic heterocycles. The number of hydrogen-bond acceptors (Lipinski definition) is 17. The van der Waals surface area contributed by atoms with Crippen LogP contribution in [-0.2, 0) is 23.7 Å². The fourth-order valence-electron chi connectivity index (χ4n) is 4.18. The second kappa shape index (κ2) is 14.8. The largest absolute Gasteiger partial charge is 0.394 e. The molecule has 0 aliphatic carbocycles. The van der Waals surface area contributed by atoms with Crippen molar-refractivity contribution in [3.63, 3.8) is 0 Å². The minimum absolute atomic E-state index is 0.167. The Bertz CT molecular complexity index is 689. The third-order valence-corrected chi connectivity index (χ3v) is 6.33. The number of ether oxygens (including phenoxy) is 5. The molecule has 0 aromatic rings. The van der Waals surface area contributed by atoms with E-state index in [1.54, 1.807) is 13.8 Å². The van der Waals surface area contributed by atoms with Crippen LogP contribution >= 0.6 is 0 Å². The number of hydrogen-bond donors (Lipinski definition) is 12. The van der Waals surface area contributed by atoms with Crippen molar-refractivity contribution in [1.29, 1.82) is 0 Å². The van der Waals surface area contributed by atoms with Gasteiger partial charge in [0.2, 0.25) is 0 Å². The molecule has 3 heterocycles. The molecule has 0 spiro atoms. The Morgan fingerprint density at radius 2 is 0.974 bits per heavy atom. The maximum atomic E-state index is 10.8. The molecule has 0 radical (unpaired) electrons. The molecule has 0 amide bonds. The molecule has 17 heteroatoms. The van der Waals surface area contributed by atoms with Crippen molar-refractivity contribution in [2.45, 2.75) is 112 Å². The molecule has 0 bridgehead atoms. The van der Waals surface area contributed by atoms with Crippen LogP contribution in [0.3, 0.4) is 0 Å². The van der Waals surface area contributed by atoms with Gasteiger partial charge in [0.15, 0.2) is 18.9 Å². The molecule has 2 unspecified atom stereocenters. The van der Waals surface area contributed by atoms with Crippen LogP contribution in [0.5, 0.6) is 0 Å². The van der Waals surface area contributed by atoms with Crippen LogP contribution < -0.4 is 17.2 Å². The summed E-state index contributed by atoms with van der Waals surface area (Å²) in [5.41, 5.74) is 17.6. The summed E-state index contributed by atoms with van der Waals surface area (Å²) in [4.78, 5) is 0. The minimum atomic E-state index is -1.56. The van der Waals surface area contributed by atoms with Gasteiger partial charge < -0.3 is 86.8 Å². The van der Waals surface area contributed by atoms with E-state index in [0.29, 0.717) is 0 Å². The minimum Gasteiger partial charge on any atom is -0.394 e. The first-order valence-electron chi connectivity index (χ1n) is 12.2. The molecular weight excluding hydrogens is 518 g/mol. The van der Waals surface area contributed by atoms with Crippen LogP contribution in [0, 0.1) is 0 Å². The van der Waals surface area contributed by atoms with Crippen molar-refractivity contribution in [3.05, 3.63) is 0 Å². The van der Waals surface area contributed by atoms with Gasteiger partial charge in [0.25, 0.3) is 0 Å². The van der Waals surface area contributed by atoms with Gasteiger partial charge in [-0.15, -0.1) is 0 Å². The summed E-state index contributed by atoms with van der Waals surface area (Å²) >= 11 is 0. The standard InChI is InChI=1S/C18H35N3O13.C3H8O/c19-7-12(27)14(5(2-23)30-16(7)29)33-18-9(21)13(28)15(6(3-24)32-18)34-17-8(20)11(26)10(25)4(1-22)31-17;1-3(2)4/h4-18,22-29H,1-3,19-21H2;3-4H,1-2H3/t4-,5-,6-,7-,8-,9-,10-,11-,12-,13-,14?,15?,16-,17+,18+;/m1./s1. The molecular formula is C21H43N3O14. The van der Waals surface area contributed by atoms with Crippen molar-refractivity contribution in [3.8, 4) is 0 Å². The van der Waals surface area contributed by atoms with Crippen molar-refractivity contribution in [2.75, 3.05) is 19.8 Å². The molecule has 15 N–H and O–H groups in total. The lowest BCUT2D eigenvalue weighted by molar-refractivity contribution is -0.348. The maximum absolute atomic E-state index is 10.8. The molecule has 17 nitrogen and oxygen atoms in total. The molecule has 0 aromatic carbocycles. The Morgan fingerprint density at radius 1 is 0.605 bits per heavy atom. The lowest BCUT2D eigenvalue weighted by Gasteiger charge is -2.48. The molecule has 3 fully saturated rings. The van der Waals surface area contributed by atoms with Crippen molar-refractivity contribution < 1.29 is 69.6 Å². The molecule has 3 aliphatic rings. The molecule has 3 saturated heterocycles. The SMILES string of the molecule is CC(C)O.N[C@H]1[C@H](OC2[C@@H](CO)O[C@@H](OC3[C@@H](CO)O[C@@H](O)[C@H](N)[C@H]3O)[C@H](N)[C@H]2O)O[C@H](CO)[C@@H](O)[C@@H]1O. The zero-order valence-electron chi connectivity index (χ0n) is 21.2. The second-order valence-electron chi connectivity index (χ2n) is 9.69. The van der Waals surface area contributed by atoms with E-state index in [-0.39, 0.29) is 6.10 Å². The highest BCUT2D eigenvalue weighted by atomic mass is 16.7. The van der Waals surface area contributed by atoms with E-state index in [1.807, 2.05) is 0 Å². The number of aliphatic hydroxyl groups is 9. The second-order valence-corrected chi connectivity index (χ2v) is 9.69. The average Bonchev–Trinajstić information content (AvgIpc) is 2.87. The van der Waals surface area contributed by atoms with E-state index in [0.717, 1.165) is 0 Å². The molecule has 0 saturated carbocycles. The number of rotatable bonds is 7. The molecule has 38 heavy (non-hydrogen) atoms. The Balaban J connectivity index is 0.00000118. The van der Waals surface area contributed by atoms with Crippen molar-refractivity contribution in [1.82, 2.24) is 0 Å². The lowest BCUT2D eigenvalue weighted by Crippen LogP contribution is -2.69. The zero-order valence-corrected chi connectivity index (χ0v) is 21.2. The van der Waals surface area contributed by atoms with Gasteiger partial charge in [-0.05, 0) is 13.8 Å². The smallest absolute Gasteiger partial charge is 0.176 e. The van der Waals surface area contributed by atoms with Gasteiger partial charge in [0, 0.05) is 6.10 Å². The highest BCUT2D eigenvalue weighted by Crippen LogP contribution is 2.31. The van der Waals surface area contributed by atoms with E-state index >= 15 is 0 Å². The Kier molecular flexibility index (Phi) is 13.1. The summed E-state index contributed by atoms with van der Waals surface area (Å²) in [5, 5.41) is 87.7. The van der Waals surface area contributed by atoms with Crippen molar-refractivity contribution in [2.24, 2.45) is 17.2 Å². The first-order chi connectivity index (χ1) is 17.8. The predicted molar refractivity (Wildman–Crippen MR) is 125 cm³/mol. The van der Waals surface area contributed by atoms with Crippen LogP contribution in [0.1, 0.15) is 13.8 Å². The molecule has 3 rings (SSSR count). The molecule has 226 valence electrons. The Morgan fingerprint density at radius 3 is 1.42 bits per heavy atom. The highest BCUT2D eigenvalue weighted by Gasteiger charge is 2.52. The predicted octanol–water partition coefficient (Wildman–Crippen LogP) is -7.29. The fraction of sp³-hybridized carbons (Fsp3) is 1.00. The normalized spacial score (nSPS) is 47.9.